The van der Waals surface area contributed by atoms with E-state index in [-0.39, 0.29) is 18.6 Å². The van der Waals surface area contributed by atoms with Crippen LogP contribution in [0.25, 0.3) is 10.2 Å². The Morgan fingerprint density at radius 1 is 1.48 bits per heavy atom. The molecule has 1 atom stereocenters. The third kappa shape index (κ3) is 2.90. The number of esters is 1. The first-order chi connectivity index (χ1) is 11.2. The van der Waals surface area contributed by atoms with Crippen LogP contribution in [-0.2, 0) is 4.74 Å². The van der Waals surface area contributed by atoms with Gasteiger partial charge in [-0.1, -0.05) is 0 Å². The van der Waals surface area contributed by atoms with Crippen LogP contribution >= 0.6 is 11.3 Å². The van der Waals surface area contributed by atoms with E-state index in [1.54, 1.807) is 6.33 Å². The average Bonchev–Trinajstić information content (AvgIpc) is 2.92. The second-order valence-electron chi connectivity index (χ2n) is 5.78. The second-order valence-corrected chi connectivity index (χ2v) is 6.78. The van der Waals surface area contributed by atoms with Crippen molar-refractivity contribution < 1.29 is 14.6 Å². The van der Waals surface area contributed by atoms with E-state index >= 15 is 0 Å². The minimum Gasteiger partial charge on any atom is -0.465 e. The van der Waals surface area contributed by atoms with Crippen LogP contribution in [0.3, 0.4) is 0 Å². The number of aliphatic hydroxyl groups excluding tert-OH is 1. The molecule has 0 amide bonds. The molecule has 1 saturated heterocycles. The van der Waals surface area contributed by atoms with Crippen molar-refractivity contribution in [3.05, 3.63) is 16.8 Å². The van der Waals surface area contributed by atoms with E-state index in [0.29, 0.717) is 4.88 Å². The molecule has 7 heteroatoms. The summed E-state index contributed by atoms with van der Waals surface area (Å²) in [7, 11) is 1.39. The molecule has 0 bridgehead atoms. The maximum absolute atomic E-state index is 12.0. The van der Waals surface area contributed by atoms with Crippen molar-refractivity contribution >= 4 is 33.3 Å². The zero-order valence-corrected chi connectivity index (χ0v) is 14.2. The molecule has 1 unspecified atom stereocenters. The van der Waals surface area contributed by atoms with Gasteiger partial charge in [0.15, 0.2) is 0 Å². The van der Waals surface area contributed by atoms with Gasteiger partial charge in [-0.2, -0.15) is 0 Å². The highest BCUT2D eigenvalue weighted by molar-refractivity contribution is 7.20. The Morgan fingerprint density at radius 3 is 3.04 bits per heavy atom. The van der Waals surface area contributed by atoms with E-state index in [0.717, 1.165) is 47.4 Å². The summed E-state index contributed by atoms with van der Waals surface area (Å²) in [4.78, 5) is 24.4. The van der Waals surface area contributed by atoms with Crippen molar-refractivity contribution in [3.8, 4) is 0 Å². The lowest BCUT2D eigenvalue weighted by Gasteiger charge is -2.36. The number of carbonyl (C=O) groups excluding carboxylic acids is 1. The van der Waals surface area contributed by atoms with Crippen LogP contribution in [0.1, 0.15) is 40.9 Å². The summed E-state index contributed by atoms with van der Waals surface area (Å²) >= 11 is 1.35. The number of thiophene rings is 1. The highest BCUT2D eigenvalue weighted by atomic mass is 32.1. The fourth-order valence-electron chi connectivity index (χ4n) is 3.29. The van der Waals surface area contributed by atoms with Gasteiger partial charge >= 0.3 is 5.97 Å². The number of piperidine rings is 1. The fourth-order valence-corrected chi connectivity index (χ4v) is 4.35. The largest absolute Gasteiger partial charge is 0.465 e. The third-order valence-corrected chi connectivity index (χ3v) is 5.62. The van der Waals surface area contributed by atoms with Gasteiger partial charge < -0.3 is 14.7 Å². The average molecular weight is 335 g/mol. The molecule has 0 spiro atoms. The summed E-state index contributed by atoms with van der Waals surface area (Å²) in [5.74, 6) is 0.541. The van der Waals surface area contributed by atoms with Crippen LogP contribution in [0.4, 0.5) is 5.82 Å². The molecular formula is C16H21N3O3S. The molecule has 124 valence electrons. The van der Waals surface area contributed by atoms with Crippen molar-refractivity contribution in [2.24, 2.45) is 0 Å². The Bertz CT molecular complexity index is 714. The molecule has 3 rings (SSSR count). The maximum atomic E-state index is 12.0. The molecule has 0 aromatic carbocycles. The van der Waals surface area contributed by atoms with Gasteiger partial charge in [-0.3, -0.25) is 0 Å². The lowest BCUT2D eigenvalue weighted by atomic mass is 9.99. The molecular weight excluding hydrogens is 314 g/mol. The van der Waals surface area contributed by atoms with Crippen molar-refractivity contribution in [1.29, 1.82) is 0 Å². The normalized spacial score (nSPS) is 18.4. The topological polar surface area (TPSA) is 75.5 Å². The van der Waals surface area contributed by atoms with Gasteiger partial charge in [-0.25, -0.2) is 14.8 Å². The zero-order valence-electron chi connectivity index (χ0n) is 13.4. The first-order valence-corrected chi connectivity index (χ1v) is 8.69. The van der Waals surface area contributed by atoms with E-state index in [2.05, 4.69) is 14.9 Å². The van der Waals surface area contributed by atoms with Crippen molar-refractivity contribution in [3.63, 3.8) is 0 Å². The summed E-state index contributed by atoms with van der Waals surface area (Å²) in [6.45, 7) is 3.01. The lowest BCUT2D eigenvalue weighted by molar-refractivity contribution is 0.0605. The highest BCUT2D eigenvalue weighted by Gasteiger charge is 2.27. The molecule has 0 aliphatic carbocycles. The van der Waals surface area contributed by atoms with Gasteiger partial charge in [0.1, 0.15) is 21.9 Å². The van der Waals surface area contributed by atoms with E-state index in [9.17, 15) is 9.90 Å². The standard InChI is InChI=1S/C16H21N3O3S/c1-10-12-14(19-7-4-3-5-11(19)6-8-20)17-9-18-15(12)23-13(10)16(21)22-2/h9,11,20H,3-8H2,1-2H3. The number of anilines is 1. The maximum Gasteiger partial charge on any atom is 0.348 e. The summed E-state index contributed by atoms with van der Waals surface area (Å²) in [5, 5.41) is 10.3. The van der Waals surface area contributed by atoms with E-state index < -0.39 is 0 Å². The number of hydrogen-bond acceptors (Lipinski definition) is 7. The molecule has 1 aliphatic rings. The number of aryl methyl sites for hydroxylation is 1. The molecule has 3 heterocycles. The first-order valence-electron chi connectivity index (χ1n) is 7.87. The zero-order chi connectivity index (χ0) is 16.4. The molecule has 2 aromatic heterocycles. The number of rotatable bonds is 4. The van der Waals surface area contributed by atoms with Crippen LogP contribution in [0.2, 0.25) is 0 Å². The quantitative estimate of drug-likeness (QED) is 0.865. The highest BCUT2D eigenvalue weighted by Crippen LogP contribution is 2.37. The summed E-state index contributed by atoms with van der Waals surface area (Å²) in [6, 6.07) is 0.285. The lowest BCUT2D eigenvalue weighted by Crippen LogP contribution is -2.40. The second kappa shape index (κ2) is 6.80. The summed E-state index contributed by atoms with van der Waals surface area (Å²) in [5.41, 5.74) is 0.876. The SMILES string of the molecule is COC(=O)c1sc2ncnc(N3CCCCC3CCO)c2c1C. The number of fused-ring (bicyclic) bond motifs is 1. The molecule has 1 aliphatic heterocycles. The molecule has 1 N–H and O–H groups in total. The predicted octanol–water partition coefficient (Wildman–Crippen LogP) is 2.53. The minimum atomic E-state index is -0.331. The Morgan fingerprint density at radius 2 is 2.30 bits per heavy atom. The van der Waals surface area contributed by atoms with Gasteiger partial charge in [-0.05, 0) is 38.2 Å². The Labute approximate surface area is 139 Å². The fraction of sp³-hybridized carbons (Fsp3) is 0.562. The molecule has 1 fully saturated rings. The van der Waals surface area contributed by atoms with Crippen molar-refractivity contribution in [1.82, 2.24) is 9.97 Å². The van der Waals surface area contributed by atoms with Crippen LogP contribution in [0, 0.1) is 6.92 Å². The van der Waals surface area contributed by atoms with Crippen LogP contribution < -0.4 is 4.90 Å². The number of carbonyl (C=O) groups is 1. The minimum absolute atomic E-state index is 0.172. The Balaban J connectivity index is 2.09. The monoisotopic (exact) mass is 335 g/mol. The van der Waals surface area contributed by atoms with E-state index in [1.807, 2.05) is 6.92 Å². The molecule has 23 heavy (non-hydrogen) atoms. The van der Waals surface area contributed by atoms with Crippen molar-refractivity contribution in [2.45, 2.75) is 38.6 Å². The predicted molar refractivity (Wildman–Crippen MR) is 90.2 cm³/mol. The smallest absolute Gasteiger partial charge is 0.348 e. The van der Waals surface area contributed by atoms with E-state index in [4.69, 9.17) is 4.74 Å². The number of nitrogens with zero attached hydrogens (tertiary/aromatic N) is 3. The van der Waals surface area contributed by atoms with Gasteiger partial charge in [0, 0.05) is 19.2 Å². The van der Waals surface area contributed by atoms with Crippen molar-refractivity contribution in [2.75, 3.05) is 25.2 Å². The first kappa shape index (κ1) is 16.1. The summed E-state index contributed by atoms with van der Waals surface area (Å²) < 4.78 is 4.87. The Hall–Kier alpha value is -1.73. The molecule has 0 radical (unpaired) electrons. The summed E-state index contributed by atoms with van der Waals surface area (Å²) in [6.07, 6.45) is 5.63. The van der Waals surface area contributed by atoms with Gasteiger partial charge in [0.05, 0.1) is 12.5 Å². The van der Waals surface area contributed by atoms with Gasteiger partial charge in [0.25, 0.3) is 0 Å². The number of hydrogen-bond donors (Lipinski definition) is 1. The van der Waals surface area contributed by atoms with Crippen LogP contribution in [0.5, 0.6) is 0 Å². The number of methoxy groups -OCH3 is 1. The Kier molecular flexibility index (Phi) is 4.77. The molecule has 2 aromatic rings. The number of aliphatic hydroxyl groups is 1. The van der Waals surface area contributed by atoms with E-state index in [1.165, 1.54) is 24.9 Å². The van der Waals surface area contributed by atoms with Gasteiger partial charge in [0.2, 0.25) is 0 Å². The number of ether oxygens (including phenoxy) is 1. The van der Waals surface area contributed by atoms with Crippen LogP contribution in [0.15, 0.2) is 6.33 Å². The number of aromatic nitrogens is 2. The van der Waals surface area contributed by atoms with Crippen LogP contribution in [-0.4, -0.2) is 47.3 Å². The molecule has 0 saturated carbocycles. The third-order valence-electron chi connectivity index (χ3n) is 4.44. The van der Waals surface area contributed by atoms with Gasteiger partial charge in [-0.15, -0.1) is 11.3 Å². The molecule has 6 nitrogen and oxygen atoms in total.